The number of rotatable bonds is 9. The number of benzene rings is 1. The average Bonchev–Trinajstić information content (AvgIpc) is 3.14. The van der Waals surface area contributed by atoms with Gasteiger partial charge in [0.25, 0.3) is 11.8 Å². The maximum atomic E-state index is 12.7. The van der Waals surface area contributed by atoms with E-state index < -0.39 is 0 Å². The second-order valence-electron chi connectivity index (χ2n) is 6.34. The van der Waals surface area contributed by atoms with Crippen LogP contribution in [0.1, 0.15) is 26.7 Å². The van der Waals surface area contributed by atoms with Gasteiger partial charge in [0.2, 0.25) is 5.82 Å². The summed E-state index contributed by atoms with van der Waals surface area (Å²) in [5, 5.41) is 5.60. The highest BCUT2D eigenvalue weighted by molar-refractivity contribution is 6.02. The lowest BCUT2D eigenvalue weighted by Crippen LogP contribution is -2.28. The molecule has 0 saturated heterocycles. The van der Waals surface area contributed by atoms with Crippen LogP contribution in [0.25, 0.3) is 5.52 Å². The molecule has 0 unspecified atom stereocenters. The van der Waals surface area contributed by atoms with Crippen LogP contribution in [0.5, 0.6) is 5.75 Å². The van der Waals surface area contributed by atoms with Crippen molar-refractivity contribution in [1.29, 1.82) is 0 Å². The fourth-order valence-electron chi connectivity index (χ4n) is 2.91. The Hall–Kier alpha value is -3.39. The summed E-state index contributed by atoms with van der Waals surface area (Å²) in [7, 11) is 3.18. The van der Waals surface area contributed by atoms with E-state index in [0.717, 1.165) is 11.3 Å². The van der Waals surface area contributed by atoms with E-state index in [-0.39, 0.29) is 23.3 Å². The number of fused-ring (bicyclic) bond motifs is 1. The highest BCUT2D eigenvalue weighted by atomic mass is 16.5. The molecule has 0 aliphatic heterocycles. The monoisotopic (exact) mass is 396 g/mol. The Morgan fingerprint density at radius 3 is 2.48 bits per heavy atom. The van der Waals surface area contributed by atoms with Crippen LogP contribution >= 0.6 is 0 Å². The number of methoxy groups -OCH3 is 2. The Bertz CT molecular complexity index is 982. The third kappa shape index (κ3) is 4.91. The Morgan fingerprint density at radius 1 is 1.00 bits per heavy atom. The van der Waals surface area contributed by atoms with Crippen LogP contribution in [-0.4, -0.2) is 55.1 Å². The van der Waals surface area contributed by atoms with E-state index in [4.69, 9.17) is 9.47 Å². The smallest absolute Gasteiger partial charge is 0.287 e. The van der Waals surface area contributed by atoms with E-state index in [2.05, 4.69) is 15.6 Å². The Balaban J connectivity index is 1.69. The molecule has 152 valence electrons. The van der Waals surface area contributed by atoms with Crippen molar-refractivity contribution in [1.82, 2.24) is 20.0 Å². The van der Waals surface area contributed by atoms with Crippen LogP contribution < -0.4 is 15.4 Å². The summed E-state index contributed by atoms with van der Waals surface area (Å²) >= 11 is 0. The minimum Gasteiger partial charge on any atom is -0.497 e. The Kier molecular flexibility index (Phi) is 6.80. The number of hydrogen-bond acceptors (Lipinski definition) is 5. The summed E-state index contributed by atoms with van der Waals surface area (Å²) in [6.07, 6.45) is 2.38. The van der Waals surface area contributed by atoms with Gasteiger partial charge in [-0.1, -0.05) is 18.2 Å². The van der Waals surface area contributed by atoms with E-state index in [0.29, 0.717) is 31.6 Å². The lowest BCUT2D eigenvalue weighted by molar-refractivity contribution is 0.0934. The number of nitrogens with one attached hydrogen (secondary N) is 2. The SMILES string of the molecule is COCCNC(=O)c1nc(C(=O)NCCc2ccc(OC)cc2)n2ccccc12. The molecule has 0 bridgehead atoms. The quantitative estimate of drug-likeness (QED) is 0.537. The van der Waals surface area contributed by atoms with Crippen molar-refractivity contribution in [2.75, 3.05) is 33.9 Å². The van der Waals surface area contributed by atoms with Gasteiger partial charge >= 0.3 is 0 Å². The summed E-state index contributed by atoms with van der Waals surface area (Å²) in [6.45, 7) is 1.21. The zero-order valence-corrected chi connectivity index (χ0v) is 16.5. The first-order chi connectivity index (χ1) is 14.1. The van der Waals surface area contributed by atoms with Crippen LogP contribution in [0.4, 0.5) is 0 Å². The van der Waals surface area contributed by atoms with Crippen LogP contribution in [0, 0.1) is 0 Å². The standard InChI is InChI=1S/C21H24N4O4/c1-28-14-12-23-20(26)18-17-5-3-4-13-25(17)19(24-18)21(27)22-11-10-15-6-8-16(29-2)9-7-15/h3-9,13H,10-12,14H2,1-2H3,(H,22,27)(H,23,26). The molecule has 2 aromatic heterocycles. The van der Waals surface area contributed by atoms with Crippen LogP contribution in [0.2, 0.25) is 0 Å². The van der Waals surface area contributed by atoms with Gasteiger partial charge in [0.05, 0.1) is 19.2 Å². The third-order valence-electron chi connectivity index (χ3n) is 4.42. The number of nitrogens with zero attached hydrogens (tertiary/aromatic N) is 2. The molecule has 2 heterocycles. The van der Waals surface area contributed by atoms with Crippen molar-refractivity contribution < 1.29 is 19.1 Å². The molecule has 0 radical (unpaired) electrons. The predicted molar refractivity (Wildman–Crippen MR) is 108 cm³/mol. The van der Waals surface area contributed by atoms with E-state index in [1.807, 2.05) is 24.3 Å². The normalized spacial score (nSPS) is 10.7. The Labute approximate surface area is 168 Å². The second kappa shape index (κ2) is 9.70. The molecule has 2 amide bonds. The van der Waals surface area contributed by atoms with E-state index in [9.17, 15) is 9.59 Å². The predicted octanol–water partition coefficient (Wildman–Crippen LogP) is 1.69. The molecule has 29 heavy (non-hydrogen) atoms. The summed E-state index contributed by atoms with van der Waals surface area (Å²) < 4.78 is 11.7. The number of hydrogen-bond donors (Lipinski definition) is 2. The van der Waals surface area contributed by atoms with Crippen molar-refractivity contribution in [3.8, 4) is 5.75 Å². The summed E-state index contributed by atoms with van der Waals surface area (Å²) in [6, 6.07) is 13.0. The van der Waals surface area contributed by atoms with Gasteiger partial charge in [0.15, 0.2) is 5.69 Å². The van der Waals surface area contributed by atoms with Gasteiger partial charge in [-0.3, -0.25) is 14.0 Å². The molecule has 0 atom stereocenters. The highest BCUT2D eigenvalue weighted by Gasteiger charge is 2.21. The van der Waals surface area contributed by atoms with Gasteiger partial charge in [-0.25, -0.2) is 4.98 Å². The molecule has 2 N–H and O–H groups in total. The highest BCUT2D eigenvalue weighted by Crippen LogP contribution is 2.14. The first kappa shape index (κ1) is 20.3. The molecule has 0 fully saturated rings. The molecule has 0 spiro atoms. The van der Waals surface area contributed by atoms with Crippen LogP contribution in [0.15, 0.2) is 48.7 Å². The molecule has 0 aliphatic carbocycles. The molecule has 1 aromatic carbocycles. The maximum absolute atomic E-state index is 12.7. The third-order valence-corrected chi connectivity index (χ3v) is 4.42. The minimum atomic E-state index is -0.344. The number of imidazole rings is 1. The largest absolute Gasteiger partial charge is 0.497 e. The minimum absolute atomic E-state index is 0.173. The van der Waals surface area contributed by atoms with Crippen LogP contribution in [0.3, 0.4) is 0 Å². The van der Waals surface area contributed by atoms with Crippen molar-refractivity contribution in [2.24, 2.45) is 0 Å². The number of amides is 2. The zero-order chi connectivity index (χ0) is 20.6. The summed E-state index contributed by atoms with van der Waals surface area (Å²) in [5.74, 6) is 0.281. The van der Waals surface area contributed by atoms with E-state index >= 15 is 0 Å². The van der Waals surface area contributed by atoms with Crippen molar-refractivity contribution in [3.05, 3.63) is 65.7 Å². The first-order valence-corrected chi connectivity index (χ1v) is 9.29. The topological polar surface area (TPSA) is 94.0 Å². The lowest BCUT2D eigenvalue weighted by Gasteiger charge is -2.06. The van der Waals surface area contributed by atoms with E-state index in [1.54, 1.807) is 43.0 Å². The number of pyridine rings is 1. The van der Waals surface area contributed by atoms with E-state index in [1.165, 1.54) is 0 Å². The fraction of sp³-hybridized carbons (Fsp3) is 0.286. The molecule has 8 heteroatoms. The second-order valence-corrected chi connectivity index (χ2v) is 6.34. The van der Waals surface area contributed by atoms with Gasteiger partial charge in [0, 0.05) is 26.4 Å². The van der Waals surface area contributed by atoms with Gasteiger partial charge in [-0.2, -0.15) is 0 Å². The molecule has 3 rings (SSSR count). The number of carbonyl (C=O) groups excluding carboxylic acids is 2. The van der Waals surface area contributed by atoms with Gasteiger partial charge in [0.1, 0.15) is 5.75 Å². The van der Waals surface area contributed by atoms with Crippen LogP contribution in [-0.2, 0) is 11.2 Å². The number of aromatic nitrogens is 2. The van der Waals surface area contributed by atoms with Crippen molar-refractivity contribution in [2.45, 2.75) is 6.42 Å². The maximum Gasteiger partial charge on any atom is 0.287 e. The van der Waals surface area contributed by atoms with Crippen molar-refractivity contribution >= 4 is 17.3 Å². The van der Waals surface area contributed by atoms with Crippen molar-refractivity contribution in [3.63, 3.8) is 0 Å². The number of ether oxygens (including phenoxy) is 2. The van der Waals surface area contributed by atoms with Gasteiger partial charge in [-0.15, -0.1) is 0 Å². The summed E-state index contributed by atoms with van der Waals surface area (Å²) in [5.41, 5.74) is 1.86. The Morgan fingerprint density at radius 2 is 1.76 bits per heavy atom. The molecule has 0 saturated carbocycles. The fourth-order valence-corrected chi connectivity index (χ4v) is 2.91. The first-order valence-electron chi connectivity index (χ1n) is 9.29. The molecule has 3 aromatic rings. The van der Waals surface area contributed by atoms with Gasteiger partial charge in [-0.05, 0) is 36.2 Å². The number of carbonyl (C=O) groups is 2. The summed E-state index contributed by atoms with van der Waals surface area (Å²) in [4.78, 5) is 29.4. The van der Waals surface area contributed by atoms with Gasteiger partial charge < -0.3 is 20.1 Å². The lowest BCUT2D eigenvalue weighted by atomic mass is 10.1. The zero-order valence-electron chi connectivity index (χ0n) is 16.5. The average molecular weight is 396 g/mol. The molecular weight excluding hydrogens is 372 g/mol. The molecule has 0 aliphatic rings. The molecule has 8 nitrogen and oxygen atoms in total. The molecular formula is C21H24N4O4.